The molecule has 116 valence electrons. The molecule has 0 unspecified atom stereocenters. The average molecular weight is 309 g/mol. The van der Waals surface area contributed by atoms with E-state index in [4.69, 9.17) is 4.74 Å². The molecular formula is C16H14F3NO2. The lowest BCUT2D eigenvalue weighted by molar-refractivity contribution is -0.136. The third kappa shape index (κ3) is 3.39. The molecule has 1 N–H and O–H groups in total. The summed E-state index contributed by atoms with van der Waals surface area (Å²) in [5, 5.41) is 2.30. The van der Waals surface area contributed by atoms with Crippen LogP contribution in [0.3, 0.4) is 0 Å². The maximum absolute atomic E-state index is 12.9. The van der Waals surface area contributed by atoms with Gasteiger partial charge in [0.15, 0.2) is 0 Å². The van der Waals surface area contributed by atoms with Crippen LogP contribution in [0.2, 0.25) is 0 Å². The van der Waals surface area contributed by atoms with Crippen molar-refractivity contribution in [3.63, 3.8) is 0 Å². The summed E-state index contributed by atoms with van der Waals surface area (Å²) in [5.41, 5.74) is -0.170. The molecule has 2 aromatic rings. The zero-order valence-electron chi connectivity index (χ0n) is 12.0. The van der Waals surface area contributed by atoms with Crippen molar-refractivity contribution in [2.75, 3.05) is 12.4 Å². The van der Waals surface area contributed by atoms with Gasteiger partial charge in [-0.25, -0.2) is 0 Å². The van der Waals surface area contributed by atoms with E-state index in [9.17, 15) is 18.0 Å². The van der Waals surface area contributed by atoms with Crippen LogP contribution in [0.4, 0.5) is 18.9 Å². The molecule has 0 fully saturated rings. The Balaban J connectivity index is 2.28. The van der Waals surface area contributed by atoms with Gasteiger partial charge < -0.3 is 10.1 Å². The molecule has 0 aliphatic rings. The quantitative estimate of drug-likeness (QED) is 0.919. The number of anilines is 1. The third-order valence-corrected chi connectivity index (χ3v) is 3.14. The lowest BCUT2D eigenvalue weighted by Gasteiger charge is -2.14. The molecule has 0 aliphatic heterocycles. The minimum Gasteiger partial charge on any atom is -0.496 e. The fourth-order valence-corrected chi connectivity index (χ4v) is 2.05. The van der Waals surface area contributed by atoms with Gasteiger partial charge in [-0.05, 0) is 42.8 Å². The number of para-hydroxylation sites is 1. The molecule has 0 saturated carbocycles. The van der Waals surface area contributed by atoms with E-state index in [2.05, 4.69) is 5.32 Å². The number of amides is 1. The summed E-state index contributed by atoms with van der Waals surface area (Å²) in [7, 11) is 1.50. The number of hydrogen-bond donors (Lipinski definition) is 1. The van der Waals surface area contributed by atoms with E-state index >= 15 is 0 Å². The van der Waals surface area contributed by atoms with Crippen molar-refractivity contribution >= 4 is 11.6 Å². The van der Waals surface area contributed by atoms with Gasteiger partial charge in [-0.3, -0.25) is 4.79 Å². The van der Waals surface area contributed by atoms with Crippen LogP contribution in [0.15, 0.2) is 42.5 Å². The van der Waals surface area contributed by atoms with Gasteiger partial charge in [0, 0.05) is 5.56 Å². The lowest BCUT2D eigenvalue weighted by Crippen LogP contribution is -2.16. The molecule has 3 nitrogen and oxygen atoms in total. The van der Waals surface area contributed by atoms with E-state index in [1.165, 1.54) is 31.4 Å². The lowest BCUT2D eigenvalue weighted by atomic mass is 10.1. The second-order valence-electron chi connectivity index (χ2n) is 4.68. The fraction of sp³-hybridized carbons (Fsp3) is 0.188. The van der Waals surface area contributed by atoms with Crippen LogP contribution in [0.25, 0.3) is 0 Å². The predicted molar refractivity (Wildman–Crippen MR) is 77.1 cm³/mol. The first-order valence-electron chi connectivity index (χ1n) is 6.45. The zero-order valence-corrected chi connectivity index (χ0v) is 12.0. The number of halogens is 3. The Kier molecular flexibility index (Phi) is 4.40. The highest BCUT2D eigenvalue weighted by atomic mass is 19.4. The predicted octanol–water partition coefficient (Wildman–Crippen LogP) is 4.27. The summed E-state index contributed by atoms with van der Waals surface area (Å²) in [6.45, 7) is 1.75. The topological polar surface area (TPSA) is 38.3 Å². The summed E-state index contributed by atoms with van der Waals surface area (Å²) in [6.07, 6.45) is -4.53. The molecule has 0 aromatic heterocycles. The monoisotopic (exact) mass is 309 g/mol. The van der Waals surface area contributed by atoms with Gasteiger partial charge in [0.2, 0.25) is 0 Å². The summed E-state index contributed by atoms with van der Waals surface area (Å²) in [6, 6.07) is 9.51. The van der Waals surface area contributed by atoms with E-state index in [1.807, 2.05) is 0 Å². The molecule has 0 heterocycles. The van der Waals surface area contributed by atoms with Crippen LogP contribution in [0.5, 0.6) is 5.75 Å². The van der Waals surface area contributed by atoms with Gasteiger partial charge in [-0.2, -0.15) is 13.2 Å². The fourth-order valence-electron chi connectivity index (χ4n) is 2.05. The van der Waals surface area contributed by atoms with Crippen molar-refractivity contribution in [3.05, 3.63) is 59.2 Å². The number of carbonyl (C=O) groups is 1. The number of ether oxygens (including phenoxy) is 1. The Bertz CT molecular complexity index is 696. The van der Waals surface area contributed by atoms with Crippen LogP contribution in [-0.2, 0) is 6.18 Å². The van der Waals surface area contributed by atoms with Gasteiger partial charge in [0.1, 0.15) is 5.75 Å². The normalized spacial score (nSPS) is 11.1. The molecule has 22 heavy (non-hydrogen) atoms. The number of methoxy groups -OCH3 is 1. The van der Waals surface area contributed by atoms with Gasteiger partial charge >= 0.3 is 6.18 Å². The molecular weight excluding hydrogens is 295 g/mol. The van der Waals surface area contributed by atoms with Crippen molar-refractivity contribution in [1.82, 2.24) is 0 Å². The van der Waals surface area contributed by atoms with Gasteiger partial charge in [-0.15, -0.1) is 0 Å². The van der Waals surface area contributed by atoms with Crippen LogP contribution in [0.1, 0.15) is 21.5 Å². The van der Waals surface area contributed by atoms with Crippen molar-refractivity contribution in [2.24, 2.45) is 0 Å². The Labute approximate surface area is 125 Å². The zero-order chi connectivity index (χ0) is 16.3. The van der Waals surface area contributed by atoms with Gasteiger partial charge in [-0.1, -0.05) is 12.1 Å². The molecule has 0 aliphatic carbocycles. The van der Waals surface area contributed by atoms with E-state index in [1.54, 1.807) is 19.1 Å². The van der Waals surface area contributed by atoms with E-state index in [-0.39, 0.29) is 11.3 Å². The summed E-state index contributed by atoms with van der Waals surface area (Å²) < 4.78 is 43.8. The largest absolute Gasteiger partial charge is 0.496 e. The molecule has 0 bridgehead atoms. The second kappa shape index (κ2) is 6.09. The molecule has 6 heteroatoms. The molecule has 2 rings (SSSR count). The highest BCUT2D eigenvalue weighted by Gasteiger charge is 2.33. The standard InChI is InChI=1S/C16H14F3NO2/c1-10-9-11(7-8-14(10)22-2)15(21)20-13-6-4-3-5-12(13)16(17,18)19/h3-9H,1-2H3,(H,20,21). The SMILES string of the molecule is COc1ccc(C(=O)Nc2ccccc2C(F)(F)F)cc1C. The van der Waals surface area contributed by atoms with Crippen molar-refractivity contribution < 1.29 is 22.7 Å². The number of hydrogen-bond acceptors (Lipinski definition) is 2. The van der Waals surface area contributed by atoms with Crippen molar-refractivity contribution in [1.29, 1.82) is 0 Å². The first-order chi connectivity index (χ1) is 10.3. The highest BCUT2D eigenvalue weighted by molar-refractivity contribution is 6.04. The maximum atomic E-state index is 12.9. The Morgan fingerprint density at radius 1 is 1.14 bits per heavy atom. The number of rotatable bonds is 3. The smallest absolute Gasteiger partial charge is 0.418 e. The van der Waals surface area contributed by atoms with Gasteiger partial charge in [0.25, 0.3) is 5.91 Å². The van der Waals surface area contributed by atoms with E-state index in [0.29, 0.717) is 5.75 Å². The molecule has 1 amide bonds. The molecule has 0 atom stereocenters. The van der Waals surface area contributed by atoms with Crippen LogP contribution in [-0.4, -0.2) is 13.0 Å². The minimum atomic E-state index is -4.53. The number of benzene rings is 2. The average Bonchev–Trinajstić information content (AvgIpc) is 2.46. The molecule has 2 aromatic carbocycles. The third-order valence-electron chi connectivity index (χ3n) is 3.14. The Hall–Kier alpha value is -2.50. The van der Waals surface area contributed by atoms with E-state index < -0.39 is 17.6 Å². The summed E-state index contributed by atoms with van der Waals surface area (Å²) in [5.74, 6) is -0.00491. The van der Waals surface area contributed by atoms with Crippen LogP contribution >= 0.6 is 0 Å². The second-order valence-corrected chi connectivity index (χ2v) is 4.68. The number of nitrogens with one attached hydrogen (secondary N) is 1. The number of alkyl halides is 3. The first-order valence-corrected chi connectivity index (χ1v) is 6.45. The minimum absolute atomic E-state index is 0.260. The first kappa shape index (κ1) is 15.9. The van der Waals surface area contributed by atoms with Gasteiger partial charge in [0.05, 0.1) is 18.4 Å². The maximum Gasteiger partial charge on any atom is 0.418 e. The molecule has 0 spiro atoms. The Morgan fingerprint density at radius 3 is 2.41 bits per heavy atom. The van der Waals surface area contributed by atoms with Crippen molar-refractivity contribution in [2.45, 2.75) is 13.1 Å². The highest BCUT2D eigenvalue weighted by Crippen LogP contribution is 2.34. The van der Waals surface area contributed by atoms with Crippen LogP contribution in [0, 0.1) is 6.92 Å². The summed E-state index contributed by atoms with van der Waals surface area (Å²) >= 11 is 0. The number of carbonyl (C=O) groups excluding carboxylic acids is 1. The molecule has 0 saturated heterocycles. The van der Waals surface area contributed by atoms with Crippen molar-refractivity contribution in [3.8, 4) is 5.75 Å². The van der Waals surface area contributed by atoms with Crippen LogP contribution < -0.4 is 10.1 Å². The Morgan fingerprint density at radius 2 is 1.82 bits per heavy atom. The van der Waals surface area contributed by atoms with E-state index in [0.717, 1.165) is 11.6 Å². The summed E-state index contributed by atoms with van der Waals surface area (Å²) in [4.78, 5) is 12.1. The number of aryl methyl sites for hydroxylation is 1. The molecule has 0 radical (unpaired) electrons.